The fraction of sp³-hybridized carbons (Fsp3) is 0.684. The van der Waals surface area contributed by atoms with Crippen LogP contribution in [0.2, 0.25) is 0 Å². The molecule has 170 valence electrons. The number of fused-ring (bicyclic) bond motifs is 1. The Morgan fingerprint density at radius 3 is 2.55 bits per heavy atom. The molecule has 2 fully saturated rings. The number of nitrogens with zero attached hydrogens (tertiary/aromatic N) is 6. The highest BCUT2D eigenvalue weighted by Crippen LogP contribution is 2.28. The molecule has 10 nitrogen and oxygen atoms in total. The minimum absolute atomic E-state index is 0.0261. The van der Waals surface area contributed by atoms with Crippen molar-refractivity contribution in [3.05, 3.63) is 6.20 Å². The second-order valence-corrected chi connectivity index (χ2v) is 10.8. The van der Waals surface area contributed by atoms with Gasteiger partial charge in [0.05, 0.1) is 24.4 Å². The normalized spacial score (nSPS) is 18.7. The van der Waals surface area contributed by atoms with E-state index in [1.54, 1.807) is 0 Å². The maximum atomic E-state index is 12.5. The van der Waals surface area contributed by atoms with Gasteiger partial charge < -0.3 is 10.2 Å². The molecule has 2 aliphatic heterocycles. The van der Waals surface area contributed by atoms with Crippen molar-refractivity contribution in [2.75, 3.05) is 50.1 Å². The summed E-state index contributed by atoms with van der Waals surface area (Å²) in [6, 6.07) is 0. The maximum Gasteiger partial charge on any atom is 0.223 e. The number of rotatable bonds is 7. The molecule has 1 N–H and O–H groups in total. The van der Waals surface area contributed by atoms with E-state index in [1.807, 2.05) is 17.1 Å². The maximum absolute atomic E-state index is 12.5. The van der Waals surface area contributed by atoms with Crippen LogP contribution in [0.25, 0.3) is 11.0 Å². The summed E-state index contributed by atoms with van der Waals surface area (Å²) < 4.78 is 26.5. The lowest BCUT2D eigenvalue weighted by Gasteiger charge is -2.29. The molecule has 0 bridgehead atoms. The summed E-state index contributed by atoms with van der Waals surface area (Å²) >= 11 is 1.51. The van der Waals surface area contributed by atoms with Crippen LogP contribution in [0, 0.1) is 5.92 Å². The number of carbonyl (C=O) groups excluding carboxylic acids is 1. The number of thioether (sulfide) groups is 1. The molecule has 0 spiro atoms. The second-order valence-electron chi connectivity index (χ2n) is 8.06. The summed E-state index contributed by atoms with van der Waals surface area (Å²) in [6.45, 7) is 3.75. The van der Waals surface area contributed by atoms with E-state index >= 15 is 0 Å². The van der Waals surface area contributed by atoms with Crippen molar-refractivity contribution in [3.63, 3.8) is 0 Å². The second kappa shape index (κ2) is 9.29. The molecule has 2 saturated heterocycles. The van der Waals surface area contributed by atoms with Crippen LogP contribution in [0.1, 0.15) is 25.7 Å². The Morgan fingerprint density at radius 1 is 1.19 bits per heavy atom. The van der Waals surface area contributed by atoms with Crippen molar-refractivity contribution in [2.45, 2.75) is 37.4 Å². The molecule has 0 atom stereocenters. The zero-order valence-corrected chi connectivity index (χ0v) is 19.6. The van der Waals surface area contributed by atoms with Crippen molar-refractivity contribution in [1.29, 1.82) is 0 Å². The molecule has 31 heavy (non-hydrogen) atoms. The molecule has 4 heterocycles. The number of anilines is 1. The Kier molecular flexibility index (Phi) is 6.68. The molecule has 0 radical (unpaired) electrons. The first-order valence-corrected chi connectivity index (χ1v) is 13.7. The van der Waals surface area contributed by atoms with Crippen molar-refractivity contribution in [1.82, 2.24) is 29.4 Å². The summed E-state index contributed by atoms with van der Waals surface area (Å²) in [5.74, 6) is 0.765. The Hall–Kier alpha value is -1.92. The molecule has 4 rings (SSSR count). The molecule has 0 unspecified atom stereocenters. The monoisotopic (exact) mass is 467 g/mol. The molecule has 12 heteroatoms. The first kappa shape index (κ1) is 22.3. The lowest BCUT2D eigenvalue weighted by Crippen LogP contribution is -2.43. The molecular weight excluding hydrogens is 438 g/mol. The average Bonchev–Trinajstić information content (AvgIpc) is 3.43. The SMILES string of the molecule is CSc1nc(N2CCCC2)c2cnn(CCNC(=O)C3CCN(S(C)(=O)=O)CC3)c2n1. The van der Waals surface area contributed by atoms with Gasteiger partial charge in [0, 0.05) is 38.6 Å². The number of amides is 1. The van der Waals surface area contributed by atoms with E-state index < -0.39 is 10.0 Å². The number of nitrogens with one attached hydrogen (secondary N) is 1. The van der Waals surface area contributed by atoms with E-state index in [0.29, 0.717) is 39.0 Å². The topological polar surface area (TPSA) is 113 Å². The van der Waals surface area contributed by atoms with Gasteiger partial charge >= 0.3 is 0 Å². The van der Waals surface area contributed by atoms with Crippen molar-refractivity contribution in [3.8, 4) is 0 Å². The van der Waals surface area contributed by atoms with E-state index in [2.05, 4.69) is 20.3 Å². The summed E-state index contributed by atoms with van der Waals surface area (Å²) in [4.78, 5) is 24.2. The highest BCUT2D eigenvalue weighted by Gasteiger charge is 2.28. The number of hydrogen-bond acceptors (Lipinski definition) is 8. The Bertz CT molecular complexity index is 1040. The van der Waals surface area contributed by atoms with Crippen LogP contribution in [0.4, 0.5) is 5.82 Å². The van der Waals surface area contributed by atoms with Gasteiger partial charge in [0.2, 0.25) is 15.9 Å². The number of piperidine rings is 1. The lowest BCUT2D eigenvalue weighted by atomic mass is 9.97. The smallest absolute Gasteiger partial charge is 0.223 e. The first-order chi connectivity index (χ1) is 14.9. The largest absolute Gasteiger partial charge is 0.356 e. The van der Waals surface area contributed by atoms with Crippen molar-refractivity contribution < 1.29 is 13.2 Å². The van der Waals surface area contributed by atoms with Gasteiger partial charge in [-0.2, -0.15) is 5.10 Å². The number of carbonyl (C=O) groups is 1. The Balaban J connectivity index is 1.38. The number of hydrogen-bond donors (Lipinski definition) is 1. The highest BCUT2D eigenvalue weighted by molar-refractivity contribution is 7.98. The van der Waals surface area contributed by atoms with Crippen LogP contribution in [0.5, 0.6) is 0 Å². The molecule has 0 saturated carbocycles. The predicted molar refractivity (Wildman–Crippen MR) is 121 cm³/mol. The highest BCUT2D eigenvalue weighted by atomic mass is 32.2. The minimum Gasteiger partial charge on any atom is -0.356 e. The van der Waals surface area contributed by atoms with Crippen LogP contribution >= 0.6 is 11.8 Å². The summed E-state index contributed by atoms with van der Waals surface area (Å²) in [6.07, 6.45) is 8.43. The van der Waals surface area contributed by atoms with Gasteiger partial charge in [-0.15, -0.1) is 0 Å². The Labute approximate surface area is 186 Å². The van der Waals surface area contributed by atoms with Gasteiger partial charge in [0.1, 0.15) is 5.82 Å². The van der Waals surface area contributed by atoms with Crippen LogP contribution in [-0.2, 0) is 21.4 Å². The minimum atomic E-state index is -3.19. The third-order valence-electron chi connectivity index (χ3n) is 5.96. The molecule has 1 amide bonds. The van der Waals surface area contributed by atoms with E-state index in [-0.39, 0.29) is 11.8 Å². The lowest BCUT2D eigenvalue weighted by molar-refractivity contribution is -0.126. The quantitative estimate of drug-likeness (QED) is 0.473. The average molecular weight is 468 g/mol. The van der Waals surface area contributed by atoms with Crippen LogP contribution < -0.4 is 10.2 Å². The summed E-state index contributed by atoms with van der Waals surface area (Å²) in [7, 11) is -3.19. The van der Waals surface area contributed by atoms with Gasteiger partial charge in [-0.1, -0.05) is 11.8 Å². The number of aromatic nitrogens is 4. The van der Waals surface area contributed by atoms with E-state index in [4.69, 9.17) is 4.98 Å². The summed E-state index contributed by atoms with van der Waals surface area (Å²) in [5, 5.41) is 9.15. The molecule has 0 aliphatic carbocycles. The third kappa shape index (κ3) is 4.96. The molecular formula is C19H29N7O3S2. The van der Waals surface area contributed by atoms with E-state index in [9.17, 15) is 13.2 Å². The molecule has 2 aromatic rings. The van der Waals surface area contributed by atoms with Gasteiger partial charge in [-0.25, -0.2) is 27.4 Å². The molecule has 2 aliphatic rings. The zero-order chi connectivity index (χ0) is 22.0. The van der Waals surface area contributed by atoms with Crippen molar-refractivity contribution >= 4 is 44.5 Å². The third-order valence-corrected chi connectivity index (χ3v) is 7.81. The molecule has 2 aromatic heterocycles. The fourth-order valence-corrected chi connectivity index (χ4v) is 5.45. The van der Waals surface area contributed by atoms with Gasteiger partial charge in [-0.3, -0.25) is 4.79 Å². The van der Waals surface area contributed by atoms with E-state index in [1.165, 1.54) is 35.2 Å². The van der Waals surface area contributed by atoms with Crippen LogP contribution in [0.3, 0.4) is 0 Å². The van der Waals surface area contributed by atoms with Gasteiger partial charge in [0.15, 0.2) is 10.8 Å². The predicted octanol–water partition coefficient (Wildman–Crippen LogP) is 0.936. The van der Waals surface area contributed by atoms with Crippen molar-refractivity contribution in [2.24, 2.45) is 5.92 Å². The first-order valence-electron chi connectivity index (χ1n) is 10.6. The summed E-state index contributed by atoms with van der Waals surface area (Å²) in [5.41, 5.74) is 0.789. The zero-order valence-electron chi connectivity index (χ0n) is 18.0. The standard InChI is InChI=1S/C19H29N7O3S2/c1-30-19-22-16(24-8-3-4-9-24)15-13-21-26(17(15)23-19)12-7-20-18(27)14-5-10-25(11-6-14)31(2,28)29/h13-14H,3-12H2,1-2H3,(H,20,27). The molecule has 0 aromatic carbocycles. The number of sulfonamides is 1. The van der Waals surface area contributed by atoms with Gasteiger partial charge in [-0.05, 0) is 31.9 Å². The van der Waals surface area contributed by atoms with E-state index in [0.717, 1.165) is 35.1 Å². The van der Waals surface area contributed by atoms with Crippen LogP contribution in [-0.4, -0.2) is 83.6 Å². The van der Waals surface area contributed by atoms with Crippen LogP contribution in [0.15, 0.2) is 11.4 Å². The van der Waals surface area contributed by atoms with Gasteiger partial charge in [0.25, 0.3) is 0 Å². The Morgan fingerprint density at radius 2 is 1.90 bits per heavy atom. The fourth-order valence-electron chi connectivity index (χ4n) is 4.22.